The molecule has 0 aliphatic carbocycles. The monoisotopic (exact) mass is 1050 g/mol. The summed E-state index contributed by atoms with van der Waals surface area (Å²) in [5, 5.41) is 29.7. The molecule has 9 rings (SSSR count). The van der Waals surface area contributed by atoms with Gasteiger partial charge in [0.25, 0.3) is 35.3 Å². The van der Waals surface area contributed by atoms with Gasteiger partial charge in [-0.1, -0.05) is 49.4 Å². The molecule has 0 aliphatic heterocycles. The first-order chi connectivity index (χ1) is 36.1. The lowest BCUT2D eigenvalue weighted by Crippen LogP contribution is -2.19. The van der Waals surface area contributed by atoms with Crippen molar-refractivity contribution in [3.63, 3.8) is 0 Å². The maximum Gasteiger partial charge on any atom is 0.314 e. The summed E-state index contributed by atoms with van der Waals surface area (Å²) in [5.41, 5.74) is 3.96. The molecule has 0 amide bonds. The van der Waals surface area contributed by atoms with Crippen LogP contribution in [-0.4, -0.2) is 80.2 Å². The molecular formula is C48H43F8N15O4. The Hall–Kier alpha value is -9.04. The normalized spacial score (nSPS) is 12.3. The fourth-order valence-corrected chi connectivity index (χ4v) is 6.57. The summed E-state index contributed by atoms with van der Waals surface area (Å²) in [6, 6.07) is 20.0. The van der Waals surface area contributed by atoms with Gasteiger partial charge in [-0.3, -0.25) is 0 Å². The van der Waals surface area contributed by atoms with Crippen LogP contribution in [0.4, 0.5) is 53.0 Å². The molecule has 3 aromatic carbocycles. The number of nitrogens with one attached hydrogen (secondary N) is 3. The lowest BCUT2D eigenvalue weighted by Gasteiger charge is -2.17. The summed E-state index contributed by atoms with van der Waals surface area (Å²) in [4.78, 5) is 24.7. The van der Waals surface area contributed by atoms with E-state index in [4.69, 9.17) is 18.0 Å². The van der Waals surface area contributed by atoms with Gasteiger partial charge in [-0.25, -0.2) is 38.7 Å². The second-order valence-electron chi connectivity index (χ2n) is 15.9. The van der Waals surface area contributed by atoms with Crippen LogP contribution in [0, 0.1) is 11.6 Å². The molecule has 0 spiro atoms. The average Bonchev–Trinajstić information content (AvgIpc) is 4.24. The third-order valence-corrected chi connectivity index (χ3v) is 10.4. The van der Waals surface area contributed by atoms with Crippen molar-refractivity contribution < 1.29 is 53.1 Å². The second-order valence-corrected chi connectivity index (χ2v) is 15.9. The van der Waals surface area contributed by atoms with Gasteiger partial charge in [0.05, 0.1) is 29.8 Å². The fourth-order valence-electron chi connectivity index (χ4n) is 6.57. The Labute approximate surface area is 420 Å². The zero-order valence-corrected chi connectivity index (χ0v) is 39.8. The van der Waals surface area contributed by atoms with E-state index in [1.165, 1.54) is 61.4 Å². The second kappa shape index (κ2) is 25.6. The zero-order valence-electron chi connectivity index (χ0n) is 39.8. The lowest BCUT2D eigenvalue weighted by molar-refractivity contribution is 0.115. The molecule has 0 aliphatic rings. The van der Waals surface area contributed by atoms with Gasteiger partial charge in [0, 0.05) is 55.3 Å². The van der Waals surface area contributed by atoms with Crippen LogP contribution < -0.4 is 20.7 Å². The van der Waals surface area contributed by atoms with Crippen LogP contribution in [0.3, 0.4) is 0 Å². The number of rotatable bonds is 18. The Morgan fingerprint density at radius 3 is 1.35 bits per heavy atom. The van der Waals surface area contributed by atoms with Crippen LogP contribution in [0.5, 0.6) is 5.75 Å². The van der Waals surface area contributed by atoms with E-state index >= 15 is 0 Å². The predicted octanol–water partition coefficient (Wildman–Crippen LogP) is 11.1. The molecule has 0 bridgehead atoms. The van der Waals surface area contributed by atoms with E-state index in [-0.39, 0.29) is 47.3 Å². The van der Waals surface area contributed by atoms with E-state index in [1.54, 1.807) is 31.4 Å². The summed E-state index contributed by atoms with van der Waals surface area (Å²) in [5.74, 6) is -0.995. The molecule has 0 saturated heterocycles. The number of benzene rings is 3. The lowest BCUT2D eigenvalue weighted by atomic mass is 10.0. The maximum absolute atomic E-state index is 12.9. The summed E-state index contributed by atoms with van der Waals surface area (Å²) < 4.78 is 120. The Morgan fingerprint density at radius 2 is 0.920 bits per heavy atom. The number of nitrogens with zero attached hydrogens (tertiary/aromatic N) is 12. The Bertz CT molecular complexity index is 3150. The first-order valence-electron chi connectivity index (χ1n) is 22.3. The Balaban J connectivity index is 0.000000164. The van der Waals surface area contributed by atoms with Crippen LogP contribution in [0.1, 0.15) is 86.4 Å². The molecule has 9 aromatic rings. The first-order valence-corrected chi connectivity index (χ1v) is 22.3. The van der Waals surface area contributed by atoms with Crippen molar-refractivity contribution in [1.29, 1.82) is 0 Å². The highest BCUT2D eigenvalue weighted by Gasteiger charge is 2.21. The van der Waals surface area contributed by atoms with Crippen LogP contribution in [0.15, 0.2) is 123 Å². The number of halogens is 8. The minimum absolute atomic E-state index is 0.00477. The van der Waals surface area contributed by atoms with Gasteiger partial charge < -0.3 is 33.9 Å². The summed E-state index contributed by atoms with van der Waals surface area (Å²) >= 11 is 0. The highest BCUT2D eigenvalue weighted by atomic mass is 19.3. The summed E-state index contributed by atoms with van der Waals surface area (Å²) in [6.45, 7) is 6.41. The van der Waals surface area contributed by atoms with Crippen molar-refractivity contribution in [3.05, 3.63) is 156 Å². The molecule has 6 aromatic heterocycles. The van der Waals surface area contributed by atoms with Crippen molar-refractivity contribution in [3.8, 4) is 40.1 Å². The quantitative estimate of drug-likeness (QED) is 0.0677. The van der Waals surface area contributed by atoms with Gasteiger partial charge in [-0.2, -0.15) is 26.3 Å². The molecule has 390 valence electrons. The highest BCUT2D eigenvalue weighted by Crippen LogP contribution is 2.29. The zero-order chi connectivity index (χ0) is 53.4. The van der Waals surface area contributed by atoms with E-state index < -0.39 is 36.9 Å². The van der Waals surface area contributed by atoms with Crippen LogP contribution in [0.25, 0.3) is 34.4 Å². The SMILES string of the molecule is CC(CNc1ncc(-c2nnc(C(F)F)o2)cn1)c1ccc(F)cc1.CC(Cc1ccc(F)cc1)Nc1ncc(-c2nnc(C(F)F)o2)cn1.COc1ccccc1C(C)Nc1ncc(-c2nnc(C(F)F)o2)cn1. The van der Waals surface area contributed by atoms with Crippen molar-refractivity contribution in [2.75, 3.05) is 29.6 Å². The topological polar surface area (TPSA) is 239 Å². The fraction of sp³-hybridized carbons (Fsp3) is 0.250. The van der Waals surface area contributed by atoms with Gasteiger partial charge in [-0.05, 0) is 67.6 Å². The number of hydrogen-bond acceptors (Lipinski definition) is 19. The summed E-state index contributed by atoms with van der Waals surface area (Å²) in [7, 11) is 1.61. The van der Waals surface area contributed by atoms with Crippen molar-refractivity contribution in [1.82, 2.24) is 60.5 Å². The molecular weight excluding hydrogens is 1000 g/mol. The van der Waals surface area contributed by atoms with Gasteiger partial charge >= 0.3 is 19.3 Å². The number of alkyl halides is 6. The van der Waals surface area contributed by atoms with Crippen molar-refractivity contribution in [2.24, 2.45) is 0 Å². The number of ether oxygens (including phenoxy) is 1. The summed E-state index contributed by atoms with van der Waals surface area (Å²) in [6.07, 6.45) is 0.663. The largest absolute Gasteiger partial charge is 0.496 e. The van der Waals surface area contributed by atoms with Crippen LogP contribution in [0.2, 0.25) is 0 Å². The molecule has 0 saturated carbocycles. The van der Waals surface area contributed by atoms with Crippen molar-refractivity contribution in [2.45, 2.75) is 64.5 Å². The Morgan fingerprint density at radius 1 is 0.507 bits per heavy atom. The van der Waals surface area contributed by atoms with Gasteiger partial charge in [-0.15, -0.1) is 30.6 Å². The van der Waals surface area contributed by atoms with E-state index in [1.807, 2.05) is 45.0 Å². The van der Waals surface area contributed by atoms with E-state index in [2.05, 4.69) is 76.4 Å². The standard InChI is InChI=1S/2C16H14F3N5O.C16H15F2N5O2/c1-9(10-2-4-12(17)5-3-10)6-20-16-21-7-11(8-22-16)14-23-24-15(25-14)13(18)19;1-9(6-10-2-4-12(17)5-3-10)22-16-20-7-11(8-21-16)14-23-24-15(25-14)13(18)19;1-9(11-5-3-4-6-12(11)24-2)21-16-19-7-10(8-20-16)14-22-23-15(25-14)13(17)18/h2*2-5,7-9,13H,6H2,1H3,(H,20,21,22);3-9,13H,1-2H3,(H,19,20,21). The van der Waals surface area contributed by atoms with Crippen LogP contribution >= 0.6 is 0 Å². The average molecular weight is 1050 g/mol. The van der Waals surface area contributed by atoms with Crippen LogP contribution in [-0.2, 0) is 6.42 Å². The molecule has 0 radical (unpaired) electrons. The number of para-hydroxylation sites is 1. The number of hydrogen-bond donors (Lipinski definition) is 3. The third kappa shape index (κ3) is 15.2. The minimum Gasteiger partial charge on any atom is -0.496 e. The molecule has 75 heavy (non-hydrogen) atoms. The minimum atomic E-state index is -2.82. The molecule has 0 fully saturated rings. The van der Waals surface area contributed by atoms with Gasteiger partial charge in [0.15, 0.2) is 0 Å². The molecule has 3 N–H and O–H groups in total. The van der Waals surface area contributed by atoms with Gasteiger partial charge in [0.2, 0.25) is 17.8 Å². The number of aromatic nitrogens is 12. The highest BCUT2D eigenvalue weighted by molar-refractivity contribution is 5.52. The van der Waals surface area contributed by atoms with Crippen molar-refractivity contribution >= 4 is 17.8 Å². The van der Waals surface area contributed by atoms with E-state index in [9.17, 15) is 35.1 Å². The van der Waals surface area contributed by atoms with E-state index in [0.29, 0.717) is 47.5 Å². The Kier molecular flexibility index (Phi) is 18.3. The number of methoxy groups -OCH3 is 1. The van der Waals surface area contributed by atoms with Gasteiger partial charge in [0.1, 0.15) is 17.4 Å². The molecule has 19 nitrogen and oxygen atoms in total. The molecule has 3 unspecified atom stereocenters. The maximum atomic E-state index is 12.9. The smallest absolute Gasteiger partial charge is 0.314 e. The first kappa shape index (κ1) is 53.8. The number of anilines is 3. The van der Waals surface area contributed by atoms with E-state index in [0.717, 1.165) is 22.4 Å². The molecule has 6 heterocycles. The molecule has 3 atom stereocenters. The third-order valence-electron chi connectivity index (χ3n) is 10.4. The predicted molar refractivity (Wildman–Crippen MR) is 252 cm³/mol. The molecule has 27 heteroatoms.